The third-order valence-corrected chi connectivity index (χ3v) is 3.57. The zero-order valence-electron chi connectivity index (χ0n) is 10.2. The highest BCUT2D eigenvalue weighted by molar-refractivity contribution is 7.10. The summed E-state index contributed by atoms with van der Waals surface area (Å²) >= 11 is 7.19. The predicted molar refractivity (Wildman–Crippen MR) is 77.4 cm³/mol. The van der Waals surface area contributed by atoms with Gasteiger partial charge in [-0.25, -0.2) is 4.98 Å². The van der Waals surface area contributed by atoms with E-state index in [0.717, 1.165) is 5.56 Å². The van der Waals surface area contributed by atoms with E-state index in [0.29, 0.717) is 15.7 Å². The first kappa shape index (κ1) is 13.6. The van der Waals surface area contributed by atoms with Crippen molar-refractivity contribution in [1.82, 2.24) is 10.3 Å². The van der Waals surface area contributed by atoms with E-state index >= 15 is 0 Å². The Kier molecular flexibility index (Phi) is 4.20. The van der Waals surface area contributed by atoms with Crippen LogP contribution in [0.5, 0.6) is 0 Å². The SMILES string of the molecule is C#Cc1nc(C(=O)NC(C)c2cccc(Cl)c2)cs1. The van der Waals surface area contributed by atoms with Crippen LogP contribution >= 0.6 is 22.9 Å². The fourth-order valence-electron chi connectivity index (χ4n) is 1.57. The number of hydrogen-bond acceptors (Lipinski definition) is 3. The molecule has 1 N–H and O–H groups in total. The van der Waals surface area contributed by atoms with E-state index in [4.69, 9.17) is 18.0 Å². The normalized spacial score (nSPS) is 11.6. The van der Waals surface area contributed by atoms with Crippen LogP contribution in [0.1, 0.15) is 34.0 Å². The Labute approximate surface area is 120 Å². The molecule has 0 saturated heterocycles. The van der Waals surface area contributed by atoms with E-state index in [-0.39, 0.29) is 11.9 Å². The van der Waals surface area contributed by atoms with Crippen LogP contribution in [-0.4, -0.2) is 10.9 Å². The maximum absolute atomic E-state index is 12.0. The van der Waals surface area contributed by atoms with Crippen molar-refractivity contribution in [2.24, 2.45) is 0 Å². The molecule has 0 bridgehead atoms. The average Bonchev–Trinajstić information content (AvgIpc) is 2.87. The fourth-order valence-corrected chi connectivity index (χ4v) is 2.37. The predicted octanol–water partition coefficient (Wildman–Crippen LogP) is 3.27. The van der Waals surface area contributed by atoms with Crippen molar-refractivity contribution >= 4 is 28.8 Å². The minimum atomic E-state index is -0.245. The summed E-state index contributed by atoms with van der Waals surface area (Å²) in [5.41, 5.74) is 1.28. The number of thiazole rings is 1. The highest BCUT2D eigenvalue weighted by Gasteiger charge is 2.14. The Hall–Kier alpha value is -1.83. The number of aromatic nitrogens is 1. The van der Waals surface area contributed by atoms with Crippen LogP contribution in [0.15, 0.2) is 29.6 Å². The van der Waals surface area contributed by atoms with Gasteiger partial charge in [0.1, 0.15) is 5.69 Å². The van der Waals surface area contributed by atoms with E-state index in [9.17, 15) is 4.79 Å². The highest BCUT2D eigenvalue weighted by atomic mass is 35.5. The lowest BCUT2D eigenvalue weighted by molar-refractivity contribution is 0.0935. The van der Waals surface area contributed by atoms with E-state index in [1.807, 2.05) is 25.1 Å². The third kappa shape index (κ3) is 3.34. The number of nitrogens with one attached hydrogen (secondary N) is 1. The Morgan fingerprint density at radius 1 is 1.58 bits per heavy atom. The van der Waals surface area contributed by atoms with E-state index in [1.165, 1.54) is 11.3 Å². The summed E-state index contributed by atoms with van der Waals surface area (Å²) < 4.78 is 0. The van der Waals surface area contributed by atoms with Crippen molar-refractivity contribution in [2.45, 2.75) is 13.0 Å². The zero-order valence-corrected chi connectivity index (χ0v) is 11.8. The number of terminal acetylenes is 1. The van der Waals surface area contributed by atoms with Crippen molar-refractivity contribution < 1.29 is 4.79 Å². The fraction of sp³-hybridized carbons (Fsp3) is 0.143. The lowest BCUT2D eigenvalue weighted by atomic mass is 10.1. The monoisotopic (exact) mass is 290 g/mol. The summed E-state index contributed by atoms with van der Waals surface area (Å²) in [6.45, 7) is 1.89. The molecule has 1 heterocycles. The van der Waals surface area contributed by atoms with Crippen LogP contribution in [0.25, 0.3) is 0 Å². The quantitative estimate of drug-likeness (QED) is 0.882. The topological polar surface area (TPSA) is 42.0 Å². The molecule has 1 atom stereocenters. The Balaban J connectivity index is 2.08. The van der Waals surface area contributed by atoms with Gasteiger partial charge in [-0.3, -0.25) is 4.79 Å². The van der Waals surface area contributed by atoms with Gasteiger partial charge in [0, 0.05) is 10.4 Å². The van der Waals surface area contributed by atoms with Gasteiger partial charge in [0.25, 0.3) is 5.91 Å². The molecule has 0 aliphatic carbocycles. The summed E-state index contributed by atoms with van der Waals surface area (Å²) in [6.07, 6.45) is 5.22. The second-order valence-corrected chi connectivity index (χ2v) is 5.23. The van der Waals surface area contributed by atoms with Crippen molar-refractivity contribution in [1.29, 1.82) is 0 Å². The van der Waals surface area contributed by atoms with Crippen molar-refractivity contribution in [2.75, 3.05) is 0 Å². The highest BCUT2D eigenvalue weighted by Crippen LogP contribution is 2.18. The molecule has 0 radical (unpaired) electrons. The van der Waals surface area contributed by atoms with Gasteiger partial charge in [0.05, 0.1) is 6.04 Å². The van der Waals surface area contributed by atoms with E-state index in [1.54, 1.807) is 11.4 Å². The number of benzene rings is 1. The lowest BCUT2D eigenvalue weighted by Gasteiger charge is -2.13. The number of nitrogens with zero attached hydrogens (tertiary/aromatic N) is 1. The maximum Gasteiger partial charge on any atom is 0.271 e. The number of rotatable bonds is 3. The van der Waals surface area contributed by atoms with Gasteiger partial charge in [0.15, 0.2) is 5.01 Å². The molecule has 2 aromatic rings. The Morgan fingerprint density at radius 3 is 3.00 bits per heavy atom. The first-order valence-corrected chi connectivity index (χ1v) is 6.84. The molecule has 1 amide bonds. The van der Waals surface area contributed by atoms with Crippen molar-refractivity contribution in [3.8, 4) is 12.3 Å². The van der Waals surface area contributed by atoms with Crippen LogP contribution in [0.3, 0.4) is 0 Å². The minimum Gasteiger partial charge on any atom is -0.344 e. The average molecular weight is 291 g/mol. The first-order chi connectivity index (χ1) is 9.10. The largest absolute Gasteiger partial charge is 0.344 e. The molecular weight excluding hydrogens is 280 g/mol. The number of hydrogen-bond donors (Lipinski definition) is 1. The molecule has 0 spiro atoms. The second-order valence-electron chi connectivity index (χ2n) is 3.93. The van der Waals surface area contributed by atoms with Gasteiger partial charge in [-0.2, -0.15) is 0 Å². The van der Waals surface area contributed by atoms with Crippen molar-refractivity contribution in [3.63, 3.8) is 0 Å². The summed E-state index contributed by atoms with van der Waals surface area (Å²) in [7, 11) is 0. The minimum absolute atomic E-state index is 0.151. The lowest BCUT2D eigenvalue weighted by Crippen LogP contribution is -2.26. The van der Waals surface area contributed by atoms with Crippen LogP contribution in [0, 0.1) is 12.3 Å². The summed E-state index contributed by atoms with van der Waals surface area (Å²) in [5, 5.41) is 5.64. The van der Waals surface area contributed by atoms with Gasteiger partial charge in [-0.05, 0) is 30.5 Å². The van der Waals surface area contributed by atoms with Crippen LogP contribution < -0.4 is 5.32 Å². The third-order valence-electron chi connectivity index (χ3n) is 2.56. The van der Waals surface area contributed by atoms with E-state index in [2.05, 4.69) is 16.2 Å². The number of halogens is 1. The Morgan fingerprint density at radius 2 is 2.37 bits per heavy atom. The molecule has 1 aromatic carbocycles. The molecule has 1 aromatic heterocycles. The van der Waals surface area contributed by atoms with Gasteiger partial charge in [-0.15, -0.1) is 17.8 Å². The van der Waals surface area contributed by atoms with Crippen molar-refractivity contribution in [3.05, 3.63) is 50.9 Å². The van der Waals surface area contributed by atoms with Gasteiger partial charge >= 0.3 is 0 Å². The smallest absolute Gasteiger partial charge is 0.271 e. The first-order valence-electron chi connectivity index (χ1n) is 5.58. The summed E-state index contributed by atoms with van der Waals surface area (Å²) in [4.78, 5) is 16.0. The van der Waals surface area contributed by atoms with E-state index < -0.39 is 0 Å². The molecule has 3 nitrogen and oxygen atoms in total. The second kappa shape index (κ2) is 5.87. The molecule has 2 rings (SSSR count). The number of carbonyl (C=O) groups excluding carboxylic acids is 1. The van der Waals surface area contributed by atoms with Gasteiger partial charge in [-0.1, -0.05) is 23.7 Å². The molecule has 0 aliphatic heterocycles. The van der Waals surface area contributed by atoms with Crippen LogP contribution in [0.4, 0.5) is 0 Å². The Bertz CT molecular complexity index is 645. The molecule has 0 aliphatic rings. The summed E-state index contributed by atoms with van der Waals surface area (Å²) in [6, 6.07) is 7.21. The van der Waals surface area contributed by atoms with Gasteiger partial charge < -0.3 is 5.32 Å². The number of amides is 1. The standard InChI is InChI=1S/C14H11ClN2OS/c1-3-13-17-12(8-19-13)14(18)16-9(2)10-5-4-6-11(15)7-10/h1,4-9H,2H3,(H,16,18). The molecular formula is C14H11ClN2OS. The maximum atomic E-state index is 12.0. The molecule has 0 fully saturated rings. The molecule has 0 saturated carbocycles. The van der Waals surface area contributed by atoms with Crippen LogP contribution in [-0.2, 0) is 0 Å². The molecule has 96 valence electrons. The molecule has 5 heteroatoms. The van der Waals surface area contributed by atoms with Crippen LogP contribution in [0.2, 0.25) is 5.02 Å². The summed E-state index contributed by atoms with van der Waals surface area (Å²) in [5.74, 6) is 2.16. The molecule has 19 heavy (non-hydrogen) atoms. The van der Waals surface area contributed by atoms with Gasteiger partial charge in [0.2, 0.25) is 0 Å². The zero-order chi connectivity index (χ0) is 13.8. The molecule has 1 unspecified atom stereocenters. The number of carbonyl (C=O) groups is 1.